The number of amides is 2. The molecule has 0 saturated heterocycles. The second kappa shape index (κ2) is 11.8. The van der Waals surface area contributed by atoms with E-state index in [1.54, 1.807) is 55.5 Å². The molecule has 0 heterocycles. The van der Waals surface area contributed by atoms with Crippen molar-refractivity contribution >= 4 is 35.3 Å². The van der Waals surface area contributed by atoms with E-state index in [0.717, 1.165) is 5.56 Å². The summed E-state index contributed by atoms with van der Waals surface area (Å²) in [5.41, 5.74) is 4.70. The Morgan fingerprint density at radius 1 is 1.03 bits per heavy atom. The number of hydrogen-bond donors (Lipinski definition) is 2. The van der Waals surface area contributed by atoms with Gasteiger partial charge in [-0.1, -0.05) is 29.8 Å². The maximum Gasteiger partial charge on any atom is 0.329 e. The average molecular weight is 484 g/mol. The quantitative estimate of drug-likeness (QED) is 0.272. The molecule has 0 aliphatic rings. The Morgan fingerprint density at radius 2 is 1.79 bits per heavy atom. The highest BCUT2D eigenvalue weighted by Gasteiger charge is 2.14. The topological polar surface area (TPSA) is 89.0 Å². The molecule has 3 aromatic rings. The summed E-state index contributed by atoms with van der Waals surface area (Å²) >= 11 is 6.02. The predicted octanol–water partition coefficient (Wildman–Crippen LogP) is 4.85. The highest BCUT2D eigenvalue weighted by atomic mass is 35.5. The van der Waals surface area contributed by atoms with Gasteiger partial charge in [0.2, 0.25) is 0 Å². The summed E-state index contributed by atoms with van der Waals surface area (Å²) in [6.07, 6.45) is 1.38. The first kappa shape index (κ1) is 24.7. The van der Waals surface area contributed by atoms with Crippen LogP contribution in [0.1, 0.15) is 23.6 Å². The summed E-state index contributed by atoms with van der Waals surface area (Å²) < 4.78 is 24.5. The van der Waals surface area contributed by atoms with Gasteiger partial charge < -0.3 is 14.8 Å². The number of carbonyl (C=O) groups is 2. The molecule has 0 spiro atoms. The van der Waals surface area contributed by atoms with Gasteiger partial charge in [-0.2, -0.15) is 5.10 Å². The van der Waals surface area contributed by atoms with E-state index in [1.165, 1.54) is 18.3 Å². The zero-order valence-electron chi connectivity index (χ0n) is 18.6. The first-order valence-electron chi connectivity index (χ1n) is 10.4. The van der Waals surface area contributed by atoms with E-state index >= 15 is 0 Å². The number of carbonyl (C=O) groups excluding carboxylic acids is 2. The van der Waals surface area contributed by atoms with Crippen molar-refractivity contribution in [1.29, 1.82) is 0 Å². The first-order chi connectivity index (χ1) is 16.4. The molecule has 0 unspecified atom stereocenters. The highest BCUT2D eigenvalue weighted by Crippen LogP contribution is 2.29. The SMILES string of the molecule is CCOc1cc(/C=N/NC(=O)C(=O)Nc2cccc(Cl)c2C)ccc1OCc1ccc(F)cc1. The number of ether oxygens (including phenoxy) is 2. The zero-order chi connectivity index (χ0) is 24.5. The Bertz CT molecular complexity index is 1200. The summed E-state index contributed by atoms with van der Waals surface area (Å²) in [5.74, 6) is -1.13. The van der Waals surface area contributed by atoms with Crippen LogP contribution in [-0.4, -0.2) is 24.6 Å². The van der Waals surface area contributed by atoms with Crippen LogP contribution < -0.4 is 20.2 Å². The Labute approximate surface area is 201 Å². The van der Waals surface area contributed by atoms with E-state index in [1.807, 2.05) is 6.92 Å². The van der Waals surface area contributed by atoms with Gasteiger partial charge in [-0.05, 0) is 73.0 Å². The summed E-state index contributed by atoms with van der Waals surface area (Å²) in [4.78, 5) is 24.2. The fraction of sp³-hybridized carbons (Fsp3) is 0.160. The largest absolute Gasteiger partial charge is 0.490 e. The molecule has 176 valence electrons. The summed E-state index contributed by atoms with van der Waals surface area (Å²) in [7, 11) is 0. The number of benzene rings is 3. The Balaban J connectivity index is 1.60. The van der Waals surface area contributed by atoms with Crippen molar-refractivity contribution in [3.05, 3.63) is 88.2 Å². The normalized spacial score (nSPS) is 10.7. The molecule has 0 fully saturated rings. The number of halogens is 2. The van der Waals surface area contributed by atoms with Crippen molar-refractivity contribution in [2.75, 3.05) is 11.9 Å². The van der Waals surface area contributed by atoms with Crippen LogP contribution in [0.3, 0.4) is 0 Å². The molecule has 0 aromatic heterocycles. The minimum atomic E-state index is -0.931. The van der Waals surface area contributed by atoms with Crippen LogP contribution in [0.5, 0.6) is 11.5 Å². The third-order valence-corrected chi connectivity index (χ3v) is 5.09. The molecular weight excluding hydrogens is 461 g/mol. The minimum Gasteiger partial charge on any atom is -0.490 e. The molecule has 0 bridgehead atoms. The summed E-state index contributed by atoms with van der Waals surface area (Å²) in [6, 6.07) is 16.1. The molecule has 0 atom stereocenters. The second-order valence-electron chi connectivity index (χ2n) is 7.12. The van der Waals surface area contributed by atoms with Crippen LogP contribution in [0.15, 0.2) is 65.8 Å². The van der Waals surface area contributed by atoms with E-state index in [-0.39, 0.29) is 12.4 Å². The van der Waals surface area contributed by atoms with E-state index in [4.69, 9.17) is 21.1 Å². The molecule has 0 aliphatic carbocycles. The fourth-order valence-corrected chi connectivity index (χ4v) is 3.05. The van der Waals surface area contributed by atoms with Gasteiger partial charge in [-0.25, -0.2) is 9.82 Å². The van der Waals surface area contributed by atoms with Crippen molar-refractivity contribution in [2.45, 2.75) is 20.5 Å². The van der Waals surface area contributed by atoms with Gasteiger partial charge in [0.1, 0.15) is 12.4 Å². The van der Waals surface area contributed by atoms with E-state index in [0.29, 0.717) is 39.9 Å². The van der Waals surface area contributed by atoms with Gasteiger partial charge >= 0.3 is 11.8 Å². The maximum absolute atomic E-state index is 13.1. The minimum absolute atomic E-state index is 0.241. The van der Waals surface area contributed by atoms with Gasteiger partial charge in [-0.3, -0.25) is 9.59 Å². The van der Waals surface area contributed by atoms with Crippen molar-refractivity contribution in [2.24, 2.45) is 5.10 Å². The number of hydrogen-bond acceptors (Lipinski definition) is 5. The lowest BCUT2D eigenvalue weighted by Crippen LogP contribution is -2.32. The summed E-state index contributed by atoms with van der Waals surface area (Å²) in [5, 5.41) is 6.81. The van der Waals surface area contributed by atoms with Crippen molar-refractivity contribution < 1.29 is 23.5 Å². The van der Waals surface area contributed by atoms with Gasteiger partial charge in [0.05, 0.1) is 12.8 Å². The third kappa shape index (κ3) is 6.79. The molecular formula is C25H23ClFN3O4. The van der Waals surface area contributed by atoms with Crippen LogP contribution in [0.2, 0.25) is 5.02 Å². The molecule has 0 saturated carbocycles. The predicted molar refractivity (Wildman–Crippen MR) is 129 cm³/mol. The Kier molecular flexibility index (Phi) is 8.59. The maximum atomic E-state index is 13.1. The molecule has 0 aliphatic heterocycles. The number of rotatable bonds is 8. The second-order valence-corrected chi connectivity index (χ2v) is 7.53. The number of anilines is 1. The van der Waals surface area contributed by atoms with Crippen molar-refractivity contribution in [3.8, 4) is 11.5 Å². The van der Waals surface area contributed by atoms with Crippen molar-refractivity contribution in [1.82, 2.24) is 5.43 Å². The molecule has 9 heteroatoms. The van der Waals surface area contributed by atoms with Crippen LogP contribution >= 0.6 is 11.6 Å². The number of nitrogens with zero attached hydrogens (tertiary/aromatic N) is 1. The molecule has 0 radical (unpaired) electrons. The smallest absolute Gasteiger partial charge is 0.329 e. The monoisotopic (exact) mass is 483 g/mol. The van der Waals surface area contributed by atoms with Gasteiger partial charge in [0, 0.05) is 10.7 Å². The van der Waals surface area contributed by atoms with Gasteiger partial charge in [0.15, 0.2) is 11.5 Å². The van der Waals surface area contributed by atoms with Gasteiger partial charge in [0.25, 0.3) is 0 Å². The van der Waals surface area contributed by atoms with Crippen LogP contribution in [0.25, 0.3) is 0 Å². The number of nitrogens with one attached hydrogen (secondary N) is 2. The Hall–Kier alpha value is -3.91. The standard InChI is InChI=1S/C25H23ClFN3O4/c1-3-33-23-13-18(9-12-22(23)34-15-17-7-10-19(27)11-8-17)14-28-30-25(32)24(31)29-21-6-4-5-20(26)16(21)2/h4-14H,3,15H2,1-2H3,(H,29,31)(H,30,32)/b28-14+. The Morgan fingerprint density at radius 3 is 2.53 bits per heavy atom. The highest BCUT2D eigenvalue weighted by molar-refractivity contribution is 6.40. The average Bonchev–Trinajstić information content (AvgIpc) is 2.82. The number of hydrazone groups is 1. The fourth-order valence-electron chi connectivity index (χ4n) is 2.87. The molecule has 34 heavy (non-hydrogen) atoms. The lowest BCUT2D eigenvalue weighted by molar-refractivity contribution is -0.136. The third-order valence-electron chi connectivity index (χ3n) is 4.68. The van der Waals surface area contributed by atoms with Crippen LogP contribution in [-0.2, 0) is 16.2 Å². The van der Waals surface area contributed by atoms with E-state index < -0.39 is 11.8 Å². The molecule has 2 N–H and O–H groups in total. The summed E-state index contributed by atoms with van der Waals surface area (Å²) in [6.45, 7) is 4.22. The lowest BCUT2D eigenvalue weighted by Gasteiger charge is -2.12. The van der Waals surface area contributed by atoms with Crippen molar-refractivity contribution in [3.63, 3.8) is 0 Å². The van der Waals surface area contributed by atoms with E-state index in [2.05, 4.69) is 15.8 Å². The first-order valence-corrected chi connectivity index (χ1v) is 10.8. The lowest BCUT2D eigenvalue weighted by atomic mass is 10.2. The van der Waals surface area contributed by atoms with E-state index in [9.17, 15) is 14.0 Å². The van der Waals surface area contributed by atoms with Gasteiger partial charge in [-0.15, -0.1) is 0 Å². The molecule has 3 rings (SSSR count). The zero-order valence-corrected chi connectivity index (χ0v) is 19.4. The van der Waals surface area contributed by atoms with Crippen LogP contribution in [0.4, 0.5) is 10.1 Å². The molecule has 2 amide bonds. The molecule has 7 nitrogen and oxygen atoms in total. The molecule has 3 aromatic carbocycles. The van der Waals surface area contributed by atoms with Crippen LogP contribution in [0, 0.1) is 12.7 Å².